The van der Waals surface area contributed by atoms with Crippen molar-refractivity contribution in [1.82, 2.24) is 20.7 Å². The smallest absolute Gasteiger partial charge is 0.225 e. The Balaban J connectivity index is 0.00000261. The van der Waals surface area contributed by atoms with Crippen molar-refractivity contribution >= 4 is 35.8 Å². The number of aliphatic imine (C=N–C) groups is 1. The monoisotopic (exact) mass is 489 g/mol. The van der Waals surface area contributed by atoms with E-state index in [1.807, 2.05) is 11.0 Å². The van der Waals surface area contributed by atoms with Crippen molar-refractivity contribution < 1.29 is 9.32 Å². The molecule has 152 valence electrons. The first-order valence-corrected chi connectivity index (χ1v) is 9.78. The van der Waals surface area contributed by atoms with Crippen molar-refractivity contribution in [1.29, 1.82) is 0 Å². The second-order valence-electron chi connectivity index (χ2n) is 7.69. The van der Waals surface area contributed by atoms with Crippen molar-refractivity contribution in [2.24, 2.45) is 10.9 Å². The van der Waals surface area contributed by atoms with Crippen LogP contribution in [0.15, 0.2) is 15.6 Å². The van der Waals surface area contributed by atoms with Gasteiger partial charge in [0.05, 0.1) is 12.2 Å². The Morgan fingerprint density at radius 2 is 2.11 bits per heavy atom. The first-order valence-electron chi connectivity index (χ1n) is 9.78. The average Bonchev–Trinajstić information content (AvgIpc) is 3.39. The maximum atomic E-state index is 12.5. The molecule has 2 N–H and O–H groups in total. The molecule has 2 aliphatic rings. The SMILES string of the molecule is CN=C(NCc1cc(C(C)C)no1)NC1CCN(C(=O)C2CCCC2)C1.I. The fraction of sp³-hybridized carbons (Fsp3) is 0.737. The summed E-state index contributed by atoms with van der Waals surface area (Å²) < 4.78 is 5.35. The molecule has 27 heavy (non-hydrogen) atoms. The number of guanidine groups is 1. The molecule has 3 rings (SSSR count). The van der Waals surface area contributed by atoms with Gasteiger partial charge in [0.1, 0.15) is 0 Å². The highest BCUT2D eigenvalue weighted by Crippen LogP contribution is 2.27. The summed E-state index contributed by atoms with van der Waals surface area (Å²) in [7, 11) is 1.76. The third-order valence-corrected chi connectivity index (χ3v) is 5.37. The first kappa shape index (κ1) is 22.0. The zero-order valence-electron chi connectivity index (χ0n) is 16.5. The zero-order chi connectivity index (χ0) is 18.5. The summed E-state index contributed by atoms with van der Waals surface area (Å²) in [6.07, 6.45) is 5.47. The van der Waals surface area contributed by atoms with Crippen LogP contribution in [0.25, 0.3) is 0 Å². The molecule has 1 saturated heterocycles. The summed E-state index contributed by atoms with van der Waals surface area (Å²) in [5.41, 5.74) is 0.960. The Labute approximate surface area is 178 Å². The second-order valence-corrected chi connectivity index (χ2v) is 7.69. The van der Waals surface area contributed by atoms with E-state index in [1.165, 1.54) is 12.8 Å². The zero-order valence-corrected chi connectivity index (χ0v) is 18.9. The lowest BCUT2D eigenvalue weighted by Gasteiger charge is -2.21. The molecule has 1 aromatic heterocycles. The van der Waals surface area contributed by atoms with Gasteiger partial charge in [-0.15, -0.1) is 24.0 Å². The van der Waals surface area contributed by atoms with Gasteiger partial charge >= 0.3 is 0 Å². The minimum absolute atomic E-state index is 0. The molecule has 2 heterocycles. The van der Waals surface area contributed by atoms with Gasteiger partial charge in [0.15, 0.2) is 11.7 Å². The van der Waals surface area contributed by atoms with E-state index < -0.39 is 0 Å². The molecule has 8 heteroatoms. The van der Waals surface area contributed by atoms with Crippen molar-refractivity contribution in [2.45, 2.75) is 64.5 Å². The molecule has 7 nitrogen and oxygen atoms in total. The van der Waals surface area contributed by atoms with E-state index >= 15 is 0 Å². The van der Waals surface area contributed by atoms with Crippen molar-refractivity contribution in [2.75, 3.05) is 20.1 Å². The highest BCUT2D eigenvalue weighted by atomic mass is 127. The van der Waals surface area contributed by atoms with Crippen LogP contribution in [0.1, 0.15) is 63.3 Å². The largest absolute Gasteiger partial charge is 0.359 e. The molecule has 1 amide bonds. The third kappa shape index (κ3) is 5.83. The molecule has 0 bridgehead atoms. The Bertz CT molecular complexity index is 640. The number of nitrogens with one attached hydrogen (secondary N) is 2. The second kappa shape index (κ2) is 10.3. The van der Waals surface area contributed by atoms with E-state index in [0.717, 1.165) is 49.8 Å². The fourth-order valence-electron chi connectivity index (χ4n) is 3.75. The normalized spacial score (nSPS) is 20.8. The van der Waals surface area contributed by atoms with Gasteiger partial charge < -0.3 is 20.1 Å². The number of halogens is 1. The number of carbonyl (C=O) groups is 1. The van der Waals surface area contributed by atoms with Gasteiger partial charge in [0.25, 0.3) is 0 Å². The minimum atomic E-state index is 0. The minimum Gasteiger partial charge on any atom is -0.359 e. The highest BCUT2D eigenvalue weighted by molar-refractivity contribution is 14.0. The molecule has 2 fully saturated rings. The van der Waals surface area contributed by atoms with Crippen molar-refractivity contribution in [3.8, 4) is 0 Å². The van der Waals surface area contributed by atoms with E-state index in [9.17, 15) is 4.79 Å². The molecule has 1 unspecified atom stereocenters. The molecule has 0 spiro atoms. The lowest BCUT2D eigenvalue weighted by Crippen LogP contribution is -2.45. The van der Waals surface area contributed by atoms with E-state index in [2.05, 4.69) is 34.6 Å². The number of hydrogen-bond acceptors (Lipinski definition) is 4. The van der Waals surface area contributed by atoms with Gasteiger partial charge in [-0.1, -0.05) is 31.8 Å². The molecule has 0 aromatic carbocycles. The molecule has 1 saturated carbocycles. The van der Waals surface area contributed by atoms with Crippen LogP contribution in [0.2, 0.25) is 0 Å². The van der Waals surface area contributed by atoms with Gasteiger partial charge in [-0.05, 0) is 25.2 Å². The standard InChI is InChI=1S/C19H31N5O2.HI/c1-13(2)17-10-16(26-23-17)11-21-19(20-3)22-15-8-9-24(12-15)18(25)14-6-4-5-7-14;/h10,13-15H,4-9,11-12H2,1-3H3,(H2,20,21,22);1H. The predicted octanol–water partition coefficient (Wildman–Crippen LogP) is 2.87. The molecule has 1 aliphatic heterocycles. The third-order valence-electron chi connectivity index (χ3n) is 5.37. The predicted molar refractivity (Wildman–Crippen MR) is 116 cm³/mol. The summed E-state index contributed by atoms with van der Waals surface area (Å²) in [4.78, 5) is 18.9. The molecular weight excluding hydrogens is 457 g/mol. The van der Waals surface area contributed by atoms with E-state index in [0.29, 0.717) is 18.4 Å². The average molecular weight is 489 g/mol. The Hall–Kier alpha value is -1.32. The van der Waals surface area contributed by atoms with Crippen LogP contribution in [0, 0.1) is 5.92 Å². The van der Waals surface area contributed by atoms with Crippen LogP contribution in [0.3, 0.4) is 0 Å². The number of rotatable bonds is 5. The quantitative estimate of drug-likeness (QED) is 0.378. The van der Waals surface area contributed by atoms with E-state index in [4.69, 9.17) is 4.52 Å². The summed E-state index contributed by atoms with van der Waals surface area (Å²) in [6, 6.07) is 2.22. The Morgan fingerprint density at radius 1 is 1.37 bits per heavy atom. The van der Waals surface area contributed by atoms with Crippen LogP contribution < -0.4 is 10.6 Å². The van der Waals surface area contributed by atoms with Gasteiger partial charge in [-0.3, -0.25) is 9.79 Å². The van der Waals surface area contributed by atoms with Crippen LogP contribution >= 0.6 is 24.0 Å². The maximum absolute atomic E-state index is 12.5. The van der Waals surface area contributed by atoms with Crippen LogP contribution in [0.4, 0.5) is 0 Å². The lowest BCUT2D eigenvalue weighted by molar-refractivity contribution is -0.134. The van der Waals surface area contributed by atoms with Gasteiger partial charge in [-0.25, -0.2) is 0 Å². The Morgan fingerprint density at radius 3 is 2.74 bits per heavy atom. The van der Waals surface area contributed by atoms with Crippen LogP contribution in [-0.4, -0.2) is 48.1 Å². The number of likely N-dealkylation sites (tertiary alicyclic amines) is 1. The lowest BCUT2D eigenvalue weighted by atomic mass is 10.1. The van der Waals surface area contributed by atoms with Crippen molar-refractivity contribution in [3.63, 3.8) is 0 Å². The Kier molecular flexibility index (Phi) is 8.37. The van der Waals surface area contributed by atoms with Gasteiger partial charge in [0, 0.05) is 38.2 Å². The summed E-state index contributed by atoms with van der Waals surface area (Å²) >= 11 is 0. The number of aromatic nitrogens is 1. The molecule has 1 aliphatic carbocycles. The fourth-order valence-corrected chi connectivity index (χ4v) is 3.75. The van der Waals surface area contributed by atoms with E-state index in [-0.39, 0.29) is 35.9 Å². The number of amides is 1. The van der Waals surface area contributed by atoms with Crippen molar-refractivity contribution in [3.05, 3.63) is 17.5 Å². The highest BCUT2D eigenvalue weighted by Gasteiger charge is 2.32. The summed E-state index contributed by atoms with van der Waals surface area (Å²) in [5, 5.41) is 10.8. The topological polar surface area (TPSA) is 82.8 Å². The molecule has 1 atom stereocenters. The molecular formula is C19H32IN5O2. The van der Waals surface area contributed by atoms with Gasteiger partial charge in [0.2, 0.25) is 5.91 Å². The summed E-state index contributed by atoms with van der Waals surface area (Å²) in [5.74, 6) is 2.48. The molecule has 1 aromatic rings. The first-order chi connectivity index (χ1) is 12.6. The number of nitrogens with zero attached hydrogens (tertiary/aromatic N) is 3. The summed E-state index contributed by atoms with van der Waals surface area (Å²) in [6.45, 7) is 6.32. The maximum Gasteiger partial charge on any atom is 0.225 e. The number of carbonyl (C=O) groups excluding carboxylic acids is 1. The van der Waals surface area contributed by atoms with Gasteiger partial charge in [-0.2, -0.15) is 0 Å². The van der Waals surface area contributed by atoms with E-state index in [1.54, 1.807) is 7.05 Å². The van der Waals surface area contributed by atoms with Crippen LogP contribution in [-0.2, 0) is 11.3 Å². The number of hydrogen-bond donors (Lipinski definition) is 2. The van der Waals surface area contributed by atoms with Crippen LogP contribution in [0.5, 0.6) is 0 Å². The molecule has 0 radical (unpaired) electrons.